The zero-order valence-corrected chi connectivity index (χ0v) is 12.7. The Morgan fingerprint density at radius 2 is 2.15 bits per heavy atom. The van der Waals surface area contributed by atoms with E-state index in [0.717, 1.165) is 24.0 Å². The molecule has 0 aromatic heterocycles. The molecule has 0 heterocycles. The molecule has 0 saturated heterocycles. The van der Waals surface area contributed by atoms with Gasteiger partial charge in [-0.3, -0.25) is 0 Å². The van der Waals surface area contributed by atoms with Crippen LogP contribution in [0.15, 0.2) is 23.1 Å². The average molecular weight is 321 g/mol. The SMILES string of the molecule is CSCC(C)CNS(=O)(=O)c1ccc(F)c(C(=O)O)c1. The topological polar surface area (TPSA) is 83.5 Å². The minimum Gasteiger partial charge on any atom is -0.478 e. The third-order valence-electron chi connectivity index (χ3n) is 2.55. The summed E-state index contributed by atoms with van der Waals surface area (Å²) in [5.41, 5.74) is -0.662. The van der Waals surface area contributed by atoms with Crippen LogP contribution in [0.25, 0.3) is 0 Å². The van der Waals surface area contributed by atoms with E-state index in [1.54, 1.807) is 11.8 Å². The minimum atomic E-state index is -3.84. The Morgan fingerprint density at radius 1 is 1.50 bits per heavy atom. The van der Waals surface area contributed by atoms with Crippen molar-refractivity contribution in [3.63, 3.8) is 0 Å². The van der Waals surface area contributed by atoms with Gasteiger partial charge in [0.25, 0.3) is 0 Å². The first-order valence-electron chi connectivity index (χ1n) is 5.79. The van der Waals surface area contributed by atoms with Gasteiger partial charge in [-0.2, -0.15) is 11.8 Å². The summed E-state index contributed by atoms with van der Waals surface area (Å²) in [7, 11) is -3.84. The average Bonchev–Trinajstić information content (AvgIpc) is 2.37. The van der Waals surface area contributed by atoms with E-state index in [-0.39, 0.29) is 17.4 Å². The number of rotatable bonds is 7. The number of thioether (sulfide) groups is 1. The van der Waals surface area contributed by atoms with Crippen LogP contribution in [0.1, 0.15) is 17.3 Å². The summed E-state index contributed by atoms with van der Waals surface area (Å²) < 4.78 is 39.6. The maximum Gasteiger partial charge on any atom is 0.338 e. The highest BCUT2D eigenvalue weighted by Crippen LogP contribution is 2.15. The molecule has 8 heteroatoms. The predicted molar refractivity (Wildman–Crippen MR) is 76.1 cm³/mol. The second-order valence-electron chi connectivity index (χ2n) is 4.36. The monoisotopic (exact) mass is 321 g/mol. The van der Waals surface area contributed by atoms with Gasteiger partial charge in [0.1, 0.15) is 5.82 Å². The maximum absolute atomic E-state index is 13.2. The fraction of sp³-hybridized carbons (Fsp3) is 0.417. The second kappa shape index (κ2) is 7.05. The first-order valence-corrected chi connectivity index (χ1v) is 8.67. The molecule has 0 aliphatic heterocycles. The van der Waals surface area contributed by atoms with Gasteiger partial charge in [-0.15, -0.1) is 0 Å². The number of carboxylic acid groups (broad SMARTS) is 1. The molecule has 1 aromatic rings. The highest BCUT2D eigenvalue weighted by molar-refractivity contribution is 7.98. The normalized spacial score (nSPS) is 13.2. The van der Waals surface area contributed by atoms with Gasteiger partial charge in [-0.25, -0.2) is 22.3 Å². The van der Waals surface area contributed by atoms with E-state index in [2.05, 4.69) is 4.72 Å². The predicted octanol–water partition coefficient (Wildman–Crippen LogP) is 1.80. The number of carboxylic acids is 1. The van der Waals surface area contributed by atoms with E-state index in [4.69, 9.17) is 5.11 Å². The molecule has 2 N–H and O–H groups in total. The molecule has 0 bridgehead atoms. The van der Waals surface area contributed by atoms with Gasteiger partial charge in [0, 0.05) is 6.54 Å². The Labute approximate surface area is 121 Å². The van der Waals surface area contributed by atoms with Crippen molar-refractivity contribution < 1.29 is 22.7 Å². The summed E-state index contributed by atoms with van der Waals surface area (Å²) in [5.74, 6) is -1.53. The smallest absolute Gasteiger partial charge is 0.338 e. The van der Waals surface area contributed by atoms with Crippen molar-refractivity contribution in [2.24, 2.45) is 5.92 Å². The molecule has 20 heavy (non-hydrogen) atoms. The molecule has 0 amide bonds. The lowest BCUT2D eigenvalue weighted by Gasteiger charge is -2.12. The van der Waals surface area contributed by atoms with Crippen molar-refractivity contribution in [2.75, 3.05) is 18.6 Å². The van der Waals surface area contributed by atoms with Crippen LogP contribution in [0.3, 0.4) is 0 Å². The number of halogens is 1. The van der Waals surface area contributed by atoms with Crippen LogP contribution in [-0.2, 0) is 10.0 Å². The molecule has 0 aliphatic carbocycles. The molecule has 0 radical (unpaired) electrons. The highest BCUT2D eigenvalue weighted by atomic mass is 32.2. The number of benzene rings is 1. The Balaban J connectivity index is 2.93. The zero-order chi connectivity index (χ0) is 15.3. The maximum atomic E-state index is 13.2. The standard InChI is InChI=1S/C12H16FNO4S2/c1-8(7-19-2)6-14-20(17,18)9-3-4-11(13)10(5-9)12(15)16/h3-5,8,14H,6-7H2,1-2H3,(H,15,16). The highest BCUT2D eigenvalue weighted by Gasteiger charge is 2.19. The van der Waals surface area contributed by atoms with Crippen molar-refractivity contribution in [3.05, 3.63) is 29.6 Å². The van der Waals surface area contributed by atoms with Crippen LogP contribution in [0.2, 0.25) is 0 Å². The Hall–Kier alpha value is -1.12. The lowest BCUT2D eigenvalue weighted by molar-refractivity contribution is 0.0691. The number of carbonyl (C=O) groups is 1. The van der Waals surface area contributed by atoms with Gasteiger partial charge >= 0.3 is 5.97 Å². The van der Waals surface area contributed by atoms with E-state index in [1.165, 1.54) is 0 Å². The summed E-state index contributed by atoms with van der Waals surface area (Å²) in [5, 5.41) is 8.79. The van der Waals surface area contributed by atoms with E-state index in [9.17, 15) is 17.6 Å². The Morgan fingerprint density at radius 3 is 2.70 bits per heavy atom. The molecular weight excluding hydrogens is 305 g/mol. The van der Waals surface area contributed by atoms with E-state index in [0.29, 0.717) is 0 Å². The number of aromatic carboxylic acids is 1. The number of sulfonamides is 1. The van der Waals surface area contributed by atoms with Crippen LogP contribution in [-0.4, -0.2) is 38.0 Å². The summed E-state index contributed by atoms with van der Waals surface area (Å²) in [4.78, 5) is 10.5. The van der Waals surface area contributed by atoms with Crippen LogP contribution < -0.4 is 4.72 Å². The zero-order valence-electron chi connectivity index (χ0n) is 11.1. The van der Waals surface area contributed by atoms with Gasteiger partial charge in [0.15, 0.2) is 0 Å². The molecule has 0 saturated carbocycles. The molecule has 0 spiro atoms. The molecule has 5 nitrogen and oxygen atoms in total. The number of hydrogen-bond acceptors (Lipinski definition) is 4. The van der Waals surface area contributed by atoms with E-state index >= 15 is 0 Å². The summed E-state index contributed by atoms with van der Waals surface area (Å²) in [6, 6.07) is 2.70. The van der Waals surface area contributed by atoms with Crippen LogP contribution >= 0.6 is 11.8 Å². The quantitative estimate of drug-likeness (QED) is 0.800. The largest absolute Gasteiger partial charge is 0.478 e. The van der Waals surface area contributed by atoms with Gasteiger partial charge in [0.2, 0.25) is 10.0 Å². The van der Waals surface area contributed by atoms with Gasteiger partial charge in [0.05, 0.1) is 10.5 Å². The number of nitrogens with one attached hydrogen (secondary N) is 1. The Kier molecular flexibility index (Phi) is 5.97. The summed E-state index contributed by atoms with van der Waals surface area (Å²) >= 11 is 1.60. The van der Waals surface area contributed by atoms with Crippen LogP contribution in [0, 0.1) is 11.7 Å². The third-order valence-corrected chi connectivity index (χ3v) is 4.88. The molecule has 1 atom stereocenters. The van der Waals surface area contributed by atoms with Gasteiger partial charge in [-0.1, -0.05) is 6.92 Å². The van der Waals surface area contributed by atoms with Crippen molar-refractivity contribution in [1.29, 1.82) is 0 Å². The molecule has 1 aromatic carbocycles. The van der Waals surface area contributed by atoms with Crippen molar-refractivity contribution in [1.82, 2.24) is 4.72 Å². The number of hydrogen-bond donors (Lipinski definition) is 2. The lowest BCUT2D eigenvalue weighted by Crippen LogP contribution is -2.29. The first kappa shape index (κ1) is 16.9. The lowest BCUT2D eigenvalue weighted by atomic mass is 10.2. The van der Waals surface area contributed by atoms with Crippen LogP contribution in [0.5, 0.6) is 0 Å². The Bertz CT molecular complexity index is 589. The van der Waals surface area contributed by atoms with E-state index in [1.807, 2.05) is 13.2 Å². The van der Waals surface area contributed by atoms with Gasteiger partial charge < -0.3 is 5.11 Å². The van der Waals surface area contributed by atoms with E-state index < -0.39 is 27.4 Å². The van der Waals surface area contributed by atoms with Crippen molar-refractivity contribution in [3.8, 4) is 0 Å². The summed E-state index contributed by atoms with van der Waals surface area (Å²) in [6.45, 7) is 2.13. The van der Waals surface area contributed by atoms with Gasteiger partial charge in [-0.05, 0) is 36.1 Å². The van der Waals surface area contributed by atoms with Crippen molar-refractivity contribution >= 4 is 27.8 Å². The fourth-order valence-corrected chi connectivity index (χ4v) is 3.39. The minimum absolute atomic E-state index is 0.138. The molecular formula is C12H16FNO4S2. The molecule has 1 unspecified atom stereocenters. The molecule has 112 valence electrons. The fourth-order valence-electron chi connectivity index (χ4n) is 1.51. The first-order chi connectivity index (χ1) is 9.27. The van der Waals surface area contributed by atoms with Crippen LogP contribution in [0.4, 0.5) is 4.39 Å². The molecule has 1 rings (SSSR count). The molecule has 0 aliphatic rings. The molecule has 0 fully saturated rings. The second-order valence-corrected chi connectivity index (χ2v) is 7.04. The van der Waals surface area contributed by atoms with Crippen molar-refractivity contribution in [2.45, 2.75) is 11.8 Å². The summed E-state index contributed by atoms with van der Waals surface area (Å²) in [6.07, 6.45) is 1.92. The third kappa shape index (κ3) is 4.46.